The number of ether oxygens (including phenoxy) is 1. The molecule has 2 aromatic heterocycles. The third kappa shape index (κ3) is 4.74. The molecule has 1 amide bonds. The molecule has 0 saturated heterocycles. The van der Waals surface area contributed by atoms with Gasteiger partial charge in [0.05, 0.1) is 24.6 Å². The van der Waals surface area contributed by atoms with E-state index in [0.29, 0.717) is 41.0 Å². The Morgan fingerprint density at radius 1 is 1.37 bits per heavy atom. The fourth-order valence-electron chi connectivity index (χ4n) is 2.67. The van der Waals surface area contributed by atoms with Crippen molar-refractivity contribution in [3.05, 3.63) is 75.2 Å². The number of methoxy groups -OCH3 is 1. The van der Waals surface area contributed by atoms with Crippen LogP contribution in [0.25, 0.3) is 0 Å². The number of imidazole rings is 1. The summed E-state index contributed by atoms with van der Waals surface area (Å²) < 4.78 is 21.0. The fraction of sp³-hybridized carbons (Fsp3) is 0.263. The molecule has 0 spiro atoms. The number of hydrogen-bond donors (Lipinski definition) is 0. The van der Waals surface area contributed by atoms with Crippen molar-refractivity contribution in [2.24, 2.45) is 0 Å². The number of nitrogens with zero attached hydrogens (tertiary/aromatic N) is 3. The standard InChI is InChI=1S/C19H19ClFN3O2S/c1-26-10-9-24(19(25)17-6-3-11-27-17)13-18-22-7-8-23(18)12-14-15(20)4-2-5-16(14)21/h2-8,11H,9-10,12-13H2,1H3. The number of carbonyl (C=O) groups excluding carboxylic acids is 1. The molecule has 0 aliphatic heterocycles. The second-order valence-electron chi connectivity index (χ2n) is 5.87. The molecule has 142 valence electrons. The number of rotatable bonds is 8. The van der Waals surface area contributed by atoms with Gasteiger partial charge in [0.25, 0.3) is 5.91 Å². The van der Waals surface area contributed by atoms with Gasteiger partial charge in [-0.3, -0.25) is 4.79 Å². The van der Waals surface area contributed by atoms with Gasteiger partial charge in [0.15, 0.2) is 0 Å². The number of aromatic nitrogens is 2. The molecular weight excluding hydrogens is 389 g/mol. The number of thiophene rings is 1. The van der Waals surface area contributed by atoms with Gasteiger partial charge in [-0.1, -0.05) is 23.7 Å². The SMILES string of the molecule is COCCN(Cc1nccn1Cc1c(F)cccc1Cl)C(=O)c1cccs1. The highest BCUT2D eigenvalue weighted by atomic mass is 35.5. The molecule has 27 heavy (non-hydrogen) atoms. The first-order chi connectivity index (χ1) is 13.1. The molecule has 0 saturated carbocycles. The summed E-state index contributed by atoms with van der Waals surface area (Å²) in [6.07, 6.45) is 3.39. The van der Waals surface area contributed by atoms with Crippen molar-refractivity contribution in [1.29, 1.82) is 0 Å². The first kappa shape index (κ1) is 19.5. The quantitative estimate of drug-likeness (QED) is 0.565. The third-order valence-electron chi connectivity index (χ3n) is 4.11. The fourth-order valence-corrected chi connectivity index (χ4v) is 3.58. The van der Waals surface area contributed by atoms with E-state index in [4.69, 9.17) is 16.3 Å². The van der Waals surface area contributed by atoms with Crippen molar-refractivity contribution in [1.82, 2.24) is 14.5 Å². The topological polar surface area (TPSA) is 47.4 Å². The molecule has 3 aromatic rings. The summed E-state index contributed by atoms with van der Waals surface area (Å²) in [5.41, 5.74) is 0.395. The Kier molecular flexibility index (Phi) is 6.60. The molecule has 1 aromatic carbocycles. The lowest BCUT2D eigenvalue weighted by atomic mass is 10.2. The molecule has 8 heteroatoms. The monoisotopic (exact) mass is 407 g/mol. The number of amides is 1. The zero-order valence-corrected chi connectivity index (χ0v) is 16.3. The van der Waals surface area contributed by atoms with E-state index in [1.807, 2.05) is 11.4 Å². The highest BCUT2D eigenvalue weighted by molar-refractivity contribution is 7.12. The average molecular weight is 408 g/mol. The van der Waals surface area contributed by atoms with Crippen LogP contribution in [0.5, 0.6) is 0 Å². The molecule has 3 rings (SSSR count). The van der Waals surface area contributed by atoms with Gasteiger partial charge in [0.2, 0.25) is 0 Å². The van der Waals surface area contributed by atoms with E-state index >= 15 is 0 Å². The van der Waals surface area contributed by atoms with Crippen LogP contribution in [-0.2, 0) is 17.8 Å². The maximum atomic E-state index is 14.1. The highest BCUT2D eigenvalue weighted by Gasteiger charge is 2.19. The molecule has 0 radical (unpaired) electrons. The summed E-state index contributed by atoms with van der Waals surface area (Å²) in [4.78, 5) is 19.5. The van der Waals surface area contributed by atoms with Crippen molar-refractivity contribution in [2.75, 3.05) is 20.3 Å². The van der Waals surface area contributed by atoms with E-state index in [0.717, 1.165) is 0 Å². The third-order valence-corrected chi connectivity index (χ3v) is 5.32. The number of benzene rings is 1. The van der Waals surface area contributed by atoms with E-state index in [1.54, 1.807) is 47.2 Å². The second-order valence-corrected chi connectivity index (χ2v) is 7.22. The Hall–Kier alpha value is -2.22. The van der Waals surface area contributed by atoms with Gasteiger partial charge in [-0.05, 0) is 23.6 Å². The minimum Gasteiger partial charge on any atom is -0.383 e. The normalized spacial score (nSPS) is 10.9. The lowest BCUT2D eigenvalue weighted by Gasteiger charge is -2.22. The van der Waals surface area contributed by atoms with Crippen molar-refractivity contribution in [2.45, 2.75) is 13.1 Å². The predicted molar refractivity (Wildman–Crippen MR) is 104 cm³/mol. The molecule has 0 aliphatic carbocycles. The van der Waals surface area contributed by atoms with Crippen LogP contribution in [0.4, 0.5) is 4.39 Å². The van der Waals surface area contributed by atoms with Crippen LogP contribution in [0.2, 0.25) is 5.02 Å². The maximum Gasteiger partial charge on any atom is 0.264 e. The summed E-state index contributed by atoms with van der Waals surface area (Å²) >= 11 is 7.53. The summed E-state index contributed by atoms with van der Waals surface area (Å²) in [5, 5.41) is 2.23. The van der Waals surface area contributed by atoms with Gasteiger partial charge >= 0.3 is 0 Å². The van der Waals surface area contributed by atoms with Gasteiger partial charge < -0.3 is 14.2 Å². The molecule has 0 atom stereocenters. The largest absolute Gasteiger partial charge is 0.383 e. The summed E-state index contributed by atoms with van der Waals surface area (Å²) in [7, 11) is 1.59. The van der Waals surface area contributed by atoms with E-state index in [1.165, 1.54) is 17.4 Å². The van der Waals surface area contributed by atoms with Gasteiger partial charge in [0.1, 0.15) is 11.6 Å². The van der Waals surface area contributed by atoms with Crippen molar-refractivity contribution in [3.8, 4) is 0 Å². The van der Waals surface area contributed by atoms with Gasteiger partial charge in [-0.2, -0.15) is 0 Å². The highest BCUT2D eigenvalue weighted by Crippen LogP contribution is 2.21. The van der Waals surface area contributed by atoms with Crippen molar-refractivity contribution >= 4 is 28.8 Å². The van der Waals surface area contributed by atoms with Crippen LogP contribution >= 0.6 is 22.9 Å². The average Bonchev–Trinajstić information content (AvgIpc) is 3.33. The minimum atomic E-state index is -0.368. The lowest BCUT2D eigenvalue weighted by molar-refractivity contribution is 0.0678. The van der Waals surface area contributed by atoms with E-state index < -0.39 is 0 Å². The van der Waals surface area contributed by atoms with Gasteiger partial charge in [-0.15, -0.1) is 11.3 Å². The Morgan fingerprint density at radius 2 is 2.22 bits per heavy atom. The lowest BCUT2D eigenvalue weighted by Crippen LogP contribution is -2.34. The predicted octanol–water partition coefficient (Wildman–Crippen LogP) is 4.07. The summed E-state index contributed by atoms with van der Waals surface area (Å²) in [5.74, 6) is 0.198. The minimum absolute atomic E-state index is 0.0828. The van der Waals surface area contributed by atoms with Gasteiger partial charge in [0, 0.05) is 36.6 Å². The van der Waals surface area contributed by atoms with Crippen LogP contribution in [0.1, 0.15) is 21.1 Å². The Balaban J connectivity index is 1.81. The molecule has 2 heterocycles. The smallest absolute Gasteiger partial charge is 0.264 e. The van der Waals surface area contributed by atoms with Crippen LogP contribution in [0, 0.1) is 5.82 Å². The first-order valence-corrected chi connectivity index (χ1v) is 9.60. The van der Waals surface area contributed by atoms with E-state index in [2.05, 4.69) is 4.98 Å². The van der Waals surface area contributed by atoms with Crippen molar-refractivity contribution in [3.63, 3.8) is 0 Å². The van der Waals surface area contributed by atoms with Gasteiger partial charge in [-0.25, -0.2) is 9.37 Å². The molecule has 0 bridgehead atoms. The Morgan fingerprint density at radius 3 is 2.93 bits per heavy atom. The molecular formula is C19H19ClFN3O2S. The van der Waals surface area contributed by atoms with Crippen LogP contribution in [-0.4, -0.2) is 40.6 Å². The molecule has 0 aliphatic rings. The maximum absolute atomic E-state index is 14.1. The van der Waals surface area contributed by atoms with Crippen molar-refractivity contribution < 1.29 is 13.9 Å². The zero-order valence-electron chi connectivity index (χ0n) is 14.8. The molecule has 0 fully saturated rings. The van der Waals surface area contributed by atoms with Crippen LogP contribution in [0.3, 0.4) is 0 Å². The molecule has 0 unspecified atom stereocenters. The number of halogens is 2. The Bertz CT molecular complexity index is 878. The van der Waals surface area contributed by atoms with E-state index in [9.17, 15) is 9.18 Å². The summed E-state index contributed by atoms with van der Waals surface area (Å²) in [6, 6.07) is 8.24. The number of hydrogen-bond acceptors (Lipinski definition) is 4. The second kappa shape index (κ2) is 9.12. The molecule has 0 N–H and O–H groups in total. The van der Waals surface area contributed by atoms with E-state index in [-0.39, 0.29) is 18.3 Å². The first-order valence-electron chi connectivity index (χ1n) is 8.34. The Labute approximate surface area is 166 Å². The number of carbonyl (C=O) groups is 1. The van der Waals surface area contributed by atoms with Crippen LogP contribution < -0.4 is 0 Å². The molecule has 5 nitrogen and oxygen atoms in total. The zero-order chi connectivity index (χ0) is 19.2. The summed E-state index contributed by atoms with van der Waals surface area (Å²) in [6.45, 7) is 1.38. The van der Waals surface area contributed by atoms with Crippen LogP contribution in [0.15, 0.2) is 48.1 Å².